The highest BCUT2D eigenvalue weighted by molar-refractivity contribution is 6.05. The number of carbonyl (C=O) groups excluding carboxylic acids is 2. The molecule has 1 aromatic carbocycles. The van der Waals surface area contributed by atoms with Crippen LogP contribution in [0.3, 0.4) is 0 Å². The summed E-state index contributed by atoms with van der Waals surface area (Å²) in [6, 6.07) is 8.26. The maximum atomic E-state index is 12.6. The van der Waals surface area contributed by atoms with Crippen molar-refractivity contribution in [2.24, 2.45) is 7.05 Å². The fourth-order valence-electron chi connectivity index (χ4n) is 4.35. The van der Waals surface area contributed by atoms with E-state index in [9.17, 15) is 9.59 Å². The van der Waals surface area contributed by atoms with Crippen molar-refractivity contribution >= 4 is 22.8 Å². The zero-order valence-electron chi connectivity index (χ0n) is 16.0. The average Bonchev–Trinajstić information content (AvgIpc) is 3.18. The minimum atomic E-state index is -0.498. The van der Waals surface area contributed by atoms with Crippen molar-refractivity contribution in [3.63, 3.8) is 0 Å². The summed E-state index contributed by atoms with van der Waals surface area (Å²) in [5, 5.41) is 1.18. The lowest BCUT2D eigenvalue weighted by atomic mass is 9.99. The lowest BCUT2D eigenvalue weighted by Crippen LogP contribution is -2.19. The molecule has 0 bridgehead atoms. The van der Waals surface area contributed by atoms with Crippen LogP contribution in [-0.2, 0) is 35.9 Å². The van der Waals surface area contributed by atoms with Crippen LogP contribution >= 0.6 is 0 Å². The SMILES string of the molecule is CCc1c(C(=O)OC)c(C(=O)OC)c2n1Cc1c(c3ccccc3n1C)C2. The molecule has 1 aliphatic rings. The summed E-state index contributed by atoms with van der Waals surface area (Å²) in [7, 11) is 4.73. The van der Waals surface area contributed by atoms with Gasteiger partial charge in [0.25, 0.3) is 0 Å². The topological polar surface area (TPSA) is 62.5 Å². The Hall–Kier alpha value is -3.02. The van der Waals surface area contributed by atoms with Crippen LogP contribution in [0.5, 0.6) is 0 Å². The van der Waals surface area contributed by atoms with Crippen LogP contribution in [-0.4, -0.2) is 35.3 Å². The fraction of sp³-hybridized carbons (Fsp3) is 0.333. The average molecular weight is 366 g/mol. The van der Waals surface area contributed by atoms with Gasteiger partial charge in [-0.1, -0.05) is 25.1 Å². The van der Waals surface area contributed by atoms with E-state index < -0.39 is 11.9 Å². The molecule has 0 radical (unpaired) electrons. The highest BCUT2D eigenvalue weighted by Crippen LogP contribution is 2.37. The zero-order valence-corrected chi connectivity index (χ0v) is 16.0. The molecule has 0 spiro atoms. The van der Waals surface area contributed by atoms with Crippen LogP contribution in [0.1, 0.15) is 50.3 Å². The van der Waals surface area contributed by atoms with Gasteiger partial charge in [-0.2, -0.15) is 0 Å². The van der Waals surface area contributed by atoms with Crippen LogP contribution < -0.4 is 0 Å². The van der Waals surface area contributed by atoms with Crippen LogP contribution in [0.15, 0.2) is 24.3 Å². The van der Waals surface area contributed by atoms with Crippen LogP contribution in [0.4, 0.5) is 0 Å². The molecule has 0 amide bonds. The Morgan fingerprint density at radius 1 is 1.04 bits per heavy atom. The number of fused-ring (bicyclic) bond motifs is 4. The minimum Gasteiger partial charge on any atom is -0.465 e. The Morgan fingerprint density at radius 2 is 1.70 bits per heavy atom. The van der Waals surface area contributed by atoms with E-state index in [0.29, 0.717) is 30.5 Å². The number of methoxy groups -OCH3 is 2. The second kappa shape index (κ2) is 6.30. The van der Waals surface area contributed by atoms with E-state index in [1.54, 1.807) is 0 Å². The monoisotopic (exact) mass is 366 g/mol. The number of aromatic nitrogens is 2. The van der Waals surface area contributed by atoms with E-state index in [-0.39, 0.29) is 0 Å². The third-order valence-electron chi connectivity index (χ3n) is 5.59. The number of aryl methyl sites for hydroxylation is 1. The van der Waals surface area contributed by atoms with Crippen molar-refractivity contribution < 1.29 is 19.1 Å². The summed E-state index contributed by atoms with van der Waals surface area (Å²) >= 11 is 0. The number of rotatable bonds is 3. The molecule has 0 aliphatic carbocycles. The molecule has 140 valence electrons. The second-order valence-electron chi connectivity index (χ2n) is 6.74. The number of esters is 2. The van der Waals surface area contributed by atoms with Crippen LogP contribution in [0.25, 0.3) is 10.9 Å². The first-order valence-corrected chi connectivity index (χ1v) is 8.99. The van der Waals surface area contributed by atoms with Gasteiger partial charge in [0.1, 0.15) is 0 Å². The molecule has 6 heteroatoms. The van der Waals surface area contributed by atoms with Crippen molar-refractivity contribution in [3.05, 3.63) is 58.0 Å². The molecule has 1 aliphatic heterocycles. The van der Waals surface area contributed by atoms with E-state index in [1.165, 1.54) is 36.4 Å². The summed E-state index contributed by atoms with van der Waals surface area (Å²) in [5.74, 6) is -0.995. The molecule has 27 heavy (non-hydrogen) atoms. The van der Waals surface area contributed by atoms with Crippen LogP contribution in [0.2, 0.25) is 0 Å². The largest absolute Gasteiger partial charge is 0.465 e. The number of carbonyl (C=O) groups is 2. The molecule has 0 unspecified atom stereocenters. The van der Waals surface area contributed by atoms with Crippen molar-refractivity contribution in [1.82, 2.24) is 9.13 Å². The second-order valence-corrected chi connectivity index (χ2v) is 6.74. The van der Waals surface area contributed by atoms with Gasteiger partial charge in [0.2, 0.25) is 0 Å². The third kappa shape index (κ3) is 2.32. The summed E-state index contributed by atoms with van der Waals surface area (Å²) in [5.41, 5.74) is 5.86. The van der Waals surface area contributed by atoms with Crippen molar-refractivity contribution in [2.75, 3.05) is 14.2 Å². The van der Waals surface area contributed by atoms with Crippen molar-refractivity contribution in [1.29, 1.82) is 0 Å². The van der Waals surface area contributed by atoms with Gasteiger partial charge < -0.3 is 18.6 Å². The molecule has 0 saturated heterocycles. The first-order chi connectivity index (χ1) is 13.0. The van der Waals surface area contributed by atoms with Gasteiger partial charge in [-0.3, -0.25) is 0 Å². The lowest BCUT2D eigenvalue weighted by Gasteiger charge is -2.21. The number of hydrogen-bond donors (Lipinski definition) is 0. The summed E-state index contributed by atoms with van der Waals surface area (Å²) in [6.07, 6.45) is 1.19. The number of benzene rings is 1. The summed E-state index contributed by atoms with van der Waals surface area (Å²) in [6.45, 7) is 2.59. The first kappa shape index (κ1) is 17.4. The molecule has 4 rings (SSSR count). The Morgan fingerprint density at radius 3 is 2.37 bits per heavy atom. The molecule has 0 N–H and O–H groups in total. The molecule has 3 aromatic rings. The zero-order chi connectivity index (χ0) is 19.3. The predicted molar refractivity (Wildman–Crippen MR) is 101 cm³/mol. The van der Waals surface area contributed by atoms with E-state index in [2.05, 4.69) is 28.3 Å². The smallest absolute Gasteiger partial charge is 0.340 e. The van der Waals surface area contributed by atoms with Gasteiger partial charge in [-0.15, -0.1) is 0 Å². The molecule has 6 nitrogen and oxygen atoms in total. The first-order valence-electron chi connectivity index (χ1n) is 8.99. The normalized spacial score (nSPS) is 12.6. The molecular formula is C21H22N2O4. The van der Waals surface area contributed by atoms with E-state index in [4.69, 9.17) is 9.47 Å². The Labute approximate surface area is 157 Å². The van der Waals surface area contributed by atoms with Crippen molar-refractivity contribution in [3.8, 4) is 0 Å². The van der Waals surface area contributed by atoms with Gasteiger partial charge in [-0.25, -0.2) is 9.59 Å². The number of para-hydroxylation sites is 1. The van der Waals surface area contributed by atoms with Gasteiger partial charge in [0, 0.05) is 41.5 Å². The Balaban J connectivity index is 2.01. The quantitative estimate of drug-likeness (QED) is 0.523. The van der Waals surface area contributed by atoms with Crippen LogP contribution in [0, 0.1) is 0 Å². The standard InChI is InChI=1S/C21H22N2O4/c1-5-14-18(20(24)26-3)19(21(25)27-4)16-10-13-12-8-6-7-9-15(12)22(2)17(13)11-23(14)16/h6-9H,5,10-11H2,1-4H3. The highest BCUT2D eigenvalue weighted by Gasteiger charge is 2.35. The molecular weight excluding hydrogens is 344 g/mol. The highest BCUT2D eigenvalue weighted by atomic mass is 16.5. The molecule has 0 fully saturated rings. The maximum absolute atomic E-state index is 12.6. The third-order valence-corrected chi connectivity index (χ3v) is 5.59. The Bertz CT molecular complexity index is 1090. The van der Waals surface area contributed by atoms with E-state index in [0.717, 1.165) is 11.4 Å². The number of hydrogen-bond acceptors (Lipinski definition) is 4. The van der Waals surface area contributed by atoms with E-state index in [1.807, 2.05) is 19.1 Å². The van der Waals surface area contributed by atoms with Gasteiger partial charge in [0.05, 0.1) is 31.9 Å². The number of nitrogens with zero attached hydrogens (tertiary/aromatic N) is 2. The van der Waals surface area contributed by atoms with E-state index >= 15 is 0 Å². The predicted octanol–water partition coefficient (Wildman–Crippen LogP) is 3.07. The summed E-state index contributed by atoms with van der Waals surface area (Å²) in [4.78, 5) is 25.1. The van der Waals surface area contributed by atoms with Gasteiger partial charge >= 0.3 is 11.9 Å². The van der Waals surface area contributed by atoms with Crippen molar-refractivity contribution in [2.45, 2.75) is 26.3 Å². The molecule has 3 heterocycles. The fourth-order valence-corrected chi connectivity index (χ4v) is 4.35. The molecule has 2 aromatic heterocycles. The molecule has 0 saturated carbocycles. The minimum absolute atomic E-state index is 0.332. The maximum Gasteiger partial charge on any atom is 0.340 e. The number of ether oxygens (including phenoxy) is 2. The lowest BCUT2D eigenvalue weighted by molar-refractivity contribution is 0.0555. The van der Waals surface area contributed by atoms with Gasteiger partial charge in [-0.05, 0) is 18.1 Å². The Kier molecular flexibility index (Phi) is 4.06. The molecule has 0 atom stereocenters. The summed E-state index contributed by atoms with van der Waals surface area (Å²) < 4.78 is 14.3. The van der Waals surface area contributed by atoms with Gasteiger partial charge in [0.15, 0.2) is 0 Å².